The van der Waals surface area contributed by atoms with Crippen molar-refractivity contribution in [3.63, 3.8) is 0 Å². The monoisotopic (exact) mass is 471 g/mol. The van der Waals surface area contributed by atoms with Crippen molar-refractivity contribution in [3.05, 3.63) is 54.6 Å². The first-order valence-electron chi connectivity index (χ1n) is 9.88. The van der Waals surface area contributed by atoms with Gasteiger partial charge in [0.2, 0.25) is 5.91 Å². The number of halogens is 2. The number of carbonyl (C=O) groups is 2. The van der Waals surface area contributed by atoms with E-state index in [9.17, 15) is 23.5 Å². The van der Waals surface area contributed by atoms with Crippen molar-refractivity contribution >= 4 is 23.1 Å². The Kier molecular flexibility index (Phi) is 6.08. The topological polar surface area (TPSA) is 127 Å². The minimum Gasteiger partial charge on any atom is -0.508 e. The van der Waals surface area contributed by atoms with E-state index in [1.165, 1.54) is 44.8 Å². The van der Waals surface area contributed by atoms with Crippen LogP contribution < -0.4 is 10.1 Å². The maximum Gasteiger partial charge on any atom is 0.387 e. The molecule has 3 heterocycles. The Morgan fingerprint density at radius 3 is 2.82 bits per heavy atom. The van der Waals surface area contributed by atoms with Crippen molar-refractivity contribution in [3.8, 4) is 22.8 Å². The lowest BCUT2D eigenvalue weighted by Gasteiger charge is -2.11. The lowest BCUT2D eigenvalue weighted by Crippen LogP contribution is -2.26. The Balaban J connectivity index is 1.77. The first kappa shape index (κ1) is 22.6. The van der Waals surface area contributed by atoms with Crippen molar-refractivity contribution < 1.29 is 28.2 Å². The Labute approximate surface area is 191 Å². The number of benzene rings is 1. The molecule has 0 aliphatic heterocycles. The molecule has 11 nitrogen and oxygen atoms in total. The summed E-state index contributed by atoms with van der Waals surface area (Å²) in [6, 6.07) is 5.15. The van der Waals surface area contributed by atoms with Crippen molar-refractivity contribution in [2.24, 2.45) is 0 Å². The van der Waals surface area contributed by atoms with Gasteiger partial charge in [0.15, 0.2) is 5.65 Å². The van der Waals surface area contributed by atoms with Gasteiger partial charge in [0.1, 0.15) is 29.3 Å². The predicted molar refractivity (Wildman–Crippen MR) is 116 cm³/mol. The molecule has 4 rings (SSSR count). The van der Waals surface area contributed by atoms with Gasteiger partial charge in [-0.25, -0.2) is 9.50 Å². The van der Waals surface area contributed by atoms with Gasteiger partial charge in [-0.15, -0.1) is 0 Å². The van der Waals surface area contributed by atoms with Crippen LogP contribution in [0.2, 0.25) is 0 Å². The van der Waals surface area contributed by atoms with Crippen LogP contribution in [0.5, 0.6) is 11.5 Å². The van der Waals surface area contributed by atoms with Crippen molar-refractivity contribution in [1.82, 2.24) is 29.3 Å². The van der Waals surface area contributed by atoms with Crippen LogP contribution in [0.25, 0.3) is 16.9 Å². The molecule has 0 spiro atoms. The number of fused-ring (bicyclic) bond motifs is 1. The maximum absolute atomic E-state index is 13.0. The van der Waals surface area contributed by atoms with Crippen molar-refractivity contribution in [2.75, 3.05) is 19.4 Å². The lowest BCUT2D eigenvalue weighted by atomic mass is 10.1. The van der Waals surface area contributed by atoms with Crippen LogP contribution in [0.3, 0.4) is 0 Å². The van der Waals surface area contributed by atoms with Gasteiger partial charge in [0.05, 0.1) is 17.4 Å². The van der Waals surface area contributed by atoms with Gasteiger partial charge >= 0.3 is 6.61 Å². The van der Waals surface area contributed by atoms with E-state index in [0.29, 0.717) is 5.65 Å². The third-order valence-electron chi connectivity index (χ3n) is 4.76. The summed E-state index contributed by atoms with van der Waals surface area (Å²) in [5, 5.41) is 21.0. The highest BCUT2D eigenvalue weighted by atomic mass is 19.3. The molecule has 2 N–H and O–H groups in total. The van der Waals surface area contributed by atoms with Crippen LogP contribution in [-0.4, -0.2) is 66.9 Å². The highest BCUT2D eigenvalue weighted by molar-refractivity contribution is 6.09. The molecule has 0 atom stereocenters. The summed E-state index contributed by atoms with van der Waals surface area (Å²) in [6.45, 7) is -3.32. The molecule has 13 heteroatoms. The highest BCUT2D eigenvalue weighted by Gasteiger charge is 2.23. The van der Waals surface area contributed by atoms with E-state index in [1.807, 2.05) is 0 Å². The molecule has 2 amide bonds. The number of amides is 2. The second kappa shape index (κ2) is 9.13. The number of rotatable bonds is 7. The summed E-state index contributed by atoms with van der Waals surface area (Å²) in [5.41, 5.74) is 0.552. The van der Waals surface area contributed by atoms with Gasteiger partial charge in [-0.05, 0) is 24.3 Å². The summed E-state index contributed by atoms with van der Waals surface area (Å²) < 4.78 is 33.2. The van der Waals surface area contributed by atoms with Gasteiger partial charge in [-0.2, -0.15) is 19.0 Å². The number of hydrogen-bond donors (Lipinski definition) is 2. The van der Waals surface area contributed by atoms with Crippen molar-refractivity contribution in [1.29, 1.82) is 0 Å². The third-order valence-corrected chi connectivity index (χ3v) is 4.76. The van der Waals surface area contributed by atoms with E-state index >= 15 is 0 Å². The van der Waals surface area contributed by atoms with Crippen LogP contribution in [0.15, 0.2) is 49.1 Å². The number of aromatic hydroxyl groups is 1. The zero-order chi connectivity index (χ0) is 24.4. The smallest absolute Gasteiger partial charge is 0.387 e. The van der Waals surface area contributed by atoms with Crippen LogP contribution in [-0.2, 0) is 11.3 Å². The SMILES string of the molecule is CN(C)C(=O)Cn1cc(NC(=O)c2cnn3cccnc23)c(-c2cc(O)ccc2OC(F)F)n1. The predicted octanol–water partition coefficient (Wildman–Crippen LogP) is 2.24. The Hall–Kier alpha value is -4.55. The Morgan fingerprint density at radius 1 is 1.29 bits per heavy atom. The number of anilines is 1. The van der Waals surface area contributed by atoms with E-state index in [2.05, 4.69) is 25.2 Å². The molecule has 176 valence electrons. The minimum absolute atomic E-state index is 0.00959. The van der Waals surface area contributed by atoms with Gasteiger partial charge in [-0.1, -0.05) is 0 Å². The summed E-state index contributed by atoms with van der Waals surface area (Å²) >= 11 is 0. The number of nitrogens with one attached hydrogen (secondary N) is 1. The van der Waals surface area contributed by atoms with E-state index in [1.54, 1.807) is 26.4 Å². The molecule has 34 heavy (non-hydrogen) atoms. The molecular weight excluding hydrogens is 452 g/mol. The van der Waals surface area contributed by atoms with E-state index in [0.717, 1.165) is 6.07 Å². The minimum atomic E-state index is -3.14. The molecule has 3 aromatic heterocycles. The summed E-state index contributed by atoms with van der Waals surface area (Å²) in [5.74, 6) is -1.39. The standard InChI is InChI=1S/C21H19F2N7O4/c1-28(2)17(32)11-29-10-15(26-20(33)14-9-25-30-7-3-6-24-19(14)30)18(27-29)13-8-12(31)4-5-16(13)34-21(22)23/h3-10,21,31H,11H2,1-2H3,(H,26,33). The number of hydrogen-bond acceptors (Lipinski definition) is 7. The number of carbonyl (C=O) groups excluding carboxylic acids is 2. The summed E-state index contributed by atoms with van der Waals surface area (Å²) in [6.07, 6.45) is 5.84. The first-order chi connectivity index (χ1) is 16.2. The molecule has 4 aromatic rings. The van der Waals surface area contributed by atoms with Gasteiger partial charge in [-0.3, -0.25) is 14.3 Å². The number of phenols is 1. The molecule has 0 radical (unpaired) electrons. The van der Waals surface area contributed by atoms with E-state index in [4.69, 9.17) is 0 Å². The number of nitrogens with zero attached hydrogens (tertiary/aromatic N) is 6. The van der Waals surface area contributed by atoms with Gasteiger partial charge in [0, 0.05) is 32.7 Å². The maximum atomic E-state index is 13.0. The van der Waals surface area contributed by atoms with Crippen molar-refractivity contribution in [2.45, 2.75) is 13.2 Å². The second-order valence-corrected chi connectivity index (χ2v) is 7.34. The summed E-state index contributed by atoms with van der Waals surface area (Å²) in [7, 11) is 3.13. The zero-order valence-electron chi connectivity index (χ0n) is 18.0. The lowest BCUT2D eigenvalue weighted by molar-refractivity contribution is -0.129. The Morgan fingerprint density at radius 2 is 2.09 bits per heavy atom. The fourth-order valence-electron chi connectivity index (χ4n) is 3.15. The fourth-order valence-corrected chi connectivity index (χ4v) is 3.15. The first-order valence-corrected chi connectivity index (χ1v) is 9.88. The largest absolute Gasteiger partial charge is 0.508 e. The van der Waals surface area contributed by atoms with Gasteiger partial charge in [0.25, 0.3) is 5.91 Å². The molecule has 0 aliphatic carbocycles. The Bertz CT molecular complexity index is 1370. The second-order valence-electron chi connectivity index (χ2n) is 7.34. The number of phenolic OH excluding ortho intramolecular Hbond substituents is 1. The number of likely N-dealkylation sites (N-methyl/N-ethyl adjacent to an activating group) is 1. The quantitative estimate of drug-likeness (QED) is 0.423. The summed E-state index contributed by atoms with van der Waals surface area (Å²) in [4.78, 5) is 30.7. The molecular formula is C21H19F2N7O4. The fraction of sp³-hybridized carbons (Fsp3) is 0.190. The molecule has 0 saturated carbocycles. The average Bonchev–Trinajstić information content (AvgIpc) is 3.38. The molecule has 1 aromatic carbocycles. The number of aromatic nitrogens is 5. The molecule has 0 aliphatic rings. The van der Waals surface area contributed by atoms with Crippen LogP contribution in [0.1, 0.15) is 10.4 Å². The number of alkyl halides is 2. The molecule has 0 saturated heterocycles. The normalized spacial score (nSPS) is 11.1. The number of ether oxygens (including phenoxy) is 1. The zero-order valence-corrected chi connectivity index (χ0v) is 18.0. The van der Waals surface area contributed by atoms with Crippen LogP contribution in [0, 0.1) is 0 Å². The molecule has 0 unspecified atom stereocenters. The van der Waals surface area contributed by atoms with E-state index in [-0.39, 0.29) is 46.5 Å². The van der Waals surface area contributed by atoms with Gasteiger partial charge < -0.3 is 20.1 Å². The molecule has 0 bridgehead atoms. The van der Waals surface area contributed by atoms with E-state index < -0.39 is 12.5 Å². The highest BCUT2D eigenvalue weighted by Crippen LogP contribution is 2.37. The van der Waals surface area contributed by atoms with Crippen LogP contribution in [0.4, 0.5) is 14.5 Å². The van der Waals surface area contributed by atoms with Crippen LogP contribution >= 0.6 is 0 Å². The third kappa shape index (κ3) is 4.62. The average molecular weight is 471 g/mol. The molecule has 0 fully saturated rings.